The van der Waals surface area contributed by atoms with E-state index in [1.165, 1.54) is 0 Å². The molecule has 1 aliphatic rings. The van der Waals surface area contributed by atoms with E-state index < -0.39 is 0 Å². The lowest BCUT2D eigenvalue weighted by atomic mass is 10.1. The molecule has 0 saturated carbocycles. The molecule has 1 atom stereocenters. The average molecular weight is 530 g/mol. The summed E-state index contributed by atoms with van der Waals surface area (Å²) in [5.41, 5.74) is 5.51. The third-order valence-electron chi connectivity index (χ3n) is 7.12. The molecular formula is C29H35N7O3. The van der Waals surface area contributed by atoms with Crippen molar-refractivity contribution in [3.8, 4) is 11.4 Å². The Balaban J connectivity index is 1.40. The van der Waals surface area contributed by atoms with E-state index in [1.54, 1.807) is 12.3 Å². The van der Waals surface area contributed by atoms with Gasteiger partial charge in [-0.1, -0.05) is 30.3 Å². The number of amides is 2. The van der Waals surface area contributed by atoms with Crippen LogP contribution in [0.2, 0.25) is 0 Å². The first kappa shape index (κ1) is 26.3. The van der Waals surface area contributed by atoms with E-state index in [0.717, 1.165) is 40.9 Å². The van der Waals surface area contributed by atoms with Gasteiger partial charge in [-0.3, -0.25) is 4.79 Å². The van der Waals surface area contributed by atoms with Crippen LogP contribution in [0.3, 0.4) is 0 Å². The Morgan fingerprint density at radius 3 is 2.62 bits per heavy atom. The van der Waals surface area contributed by atoms with Crippen LogP contribution >= 0.6 is 0 Å². The van der Waals surface area contributed by atoms with Gasteiger partial charge >= 0.3 is 6.03 Å². The highest BCUT2D eigenvalue weighted by atomic mass is 16.3. The number of carbonyl (C=O) groups excluding carboxylic acids is 1. The van der Waals surface area contributed by atoms with Crippen molar-refractivity contribution in [2.75, 3.05) is 49.5 Å². The normalized spacial score (nSPS) is 14.4. The second kappa shape index (κ2) is 11.6. The van der Waals surface area contributed by atoms with Crippen LogP contribution in [0.25, 0.3) is 22.4 Å². The number of aliphatic hydroxyl groups is 1. The second-order valence-electron chi connectivity index (χ2n) is 9.86. The molecule has 1 saturated heterocycles. The van der Waals surface area contributed by atoms with Crippen LogP contribution in [0.15, 0.2) is 59.5 Å². The Labute approximate surface area is 227 Å². The summed E-state index contributed by atoms with van der Waals surface area (Å²) in [6, 6.07) is 15.6. The largest absolute Gasteiger partial charge is 0.394 e. The summed E-state index contributed by atoms with van der Waals surface area (Å²) in [4.78, 5) is 40.2. The molecule has 2 aromatic heterocycles. The lowest BCUT2D eigenvalue weighted by Gasteiger charge is -2.36. The van der Waals surface area contributed by atoms with Crippen LogP contribution in [-0.2, 0) is 6.42 Å². The number of anilines is 2. The first-order chi connectivity index (χ1) is 19.0. The predicted molar refractivity (Wildman–Crippen MR) is 154 cm³/mol. The van der Waals surface area contributed by atoms with Crippen molar-refractivity contribution < 1.29 is 9.90 Å². The van der Waals surface area contributed by atoms with E-state index in [2.05, 4.69) is 37.6 Å². The standard InChI is InChI=1S/C29H35N7O3/c1-3-30-29(39)36-13-11-35(12-14-36)22-15-19(2)26-24(17-22)33-27(34-26)25-23(9-10-31-28(25)38)32-21(18-37)16-20-7-5-4-6-8-20/h4-10,15,17,21,37H,3,11-14,16,18H2,1-2H3,(H,30,39)(H,33,34)(H2,31,32,38)/t21-/m1/s1. The molecule has 1 fully saturated rings. The van der Waals surface area contributed by atoms with Gasteiger partial charge in [0.1, 0.15) is 11.4 Å². The number of pyridine rings is 1. The summed E-state index contributed by atoms with van der Waals surface area (Å²) in [7, 11) is 0. The molecule has 5 rings (SSSR count). The maximum absolute atomic E-state index is 13.0. The lowest BCUT2D eigenvalue weighted by Crippen LogP contribution is -2.51. The van der Waals surface area contributed by atoms with E-state index in [-0.39, 0.29) is 24.2 Å². The van der Waals surface area contributed by atoms with Crippen LogP contribution in [0.1, 0.15) is 18.1 Å². The second-order valence-corrected chi connectivity index (χ2v) is 9.86. The quantitative estimate of drug-likeness (QED) is 0.239. The zero-order valence-electron chi connectivity index (χ0n) is 22.3. The summed E-state index contributed by atoms with van der Waals surface area (Å²) in [5.74, 6) is 0.465. The van der Waals surface area contributed by atoms with Crippen LogP contribution in [0.4, 0.5) is 16.2 Å². The third-order valence-corrected chi connectivity index (χ3v) is 7.12. The molecule has 4 aromatic rings. The zero-order chi connectivity index (χ0) is 27.4. The van der Waals surface area contributed by atoms with E-state index in [9.17, 15) is 14.7 Å². The number of aromatic amines is 2. The van der Waals surface area contributed by atoms with Gasteiger partial charge in [0.15, 0.2) is 0 Å². The fourth-order valence-electron chi connectivity index (χ4n) is 5.12. The van der Waals surface area contributed by atoms with Crippen molar-refractivity contribution >= 4 is 28.4 Å². The number of hydrogen-bond acceptors (Lipinski definition) is 6. The maximum atomic E-state index is 13.0. The van der Waals surface area contributed by atoms with Crippen molar-refractivity contribution in [2.45, 2.75) is 26.3 Å². The van der Waals surface area contributed by atoms with Crippen LogP contribution in [0.5, 0.6) is 0 Å². The van der Waals surface area contributed by atoms with Crippen molar-refractivity contribution in [1.82, 2.24) is 25.2 Å². The number of rotatable bonds is 8. The van der Waals surface area contributed by atoms with Crippen LogP contribution in [-0.4, -0.2) is 76.4 Å². The van der Waals surface area contributed by atoms with E-state index in [1.807, 2.05) is 49.1 Å². The minimum atomic E-state index is -0.274. The fraction of sp³-hybridized carbons (Fsp3) is 0.345. The van der Waals surface area contributed by atoms with Gasteiger partial charge in [0.05, 0.1) is 29.4 Å². The first-order valence-electron chi connectivity index (χ1n) is 13.4. The van der Waals surface area contributed by atoms with Crippen molar-refractivity contribution in [3.63, 3.8) is 0 Å². The average Bonchev–Trinajstić information content (AvgIpc) is 3.38. The summed E-state index contributed by atoms with van der Waals surface area (Å²) in [5, 5.41) is 16.3. The number of nitrogens with one attached hydrogen (secondary N) is 4. The Morgan fingerprint density at radius 1 is 1.13 bits per heavy atom. The molecule has 39 heavy (non-hydrogen) atoms. The molecule has 0 unspecified atom stereocenters. The van der Waals surface area contributed by atoms with Gasteiger partial charge in [-0.2, -0.15) is 0 Å². The molecule has 0 bridgehead atoms. The summed E-state index contributed by atoms with van der Waals surface area (Å²) >= 11 is 0. The molecule has 0 aliphatic carbocycles. The van der Waals surface area contributed by atoms with Crippen molar-refractivity contribution in [2.24, 2.45) is 0 Å². The molecular weight excluding hydrogens is 494 g/mol. The number of piperazine rings is 1. The van der Waals surface area contributed by atoms with Gasteiger partial charge in [0, 0.05) is 44.6 Å². The van der Waals surface area contributed by atoms with Gasteiger partial charge in [0.25, 0.3) is 5.56 Å². The number of aliphatic hydroxyl groups excluding tert-OH is 1. The van der Waals surface area contributed by atoms with E-state index >= 15 is 0 Å². The Kier molecular flexibility index (Phi) is 7.83. The smallest absolute Gasteiger partial charge is 0.317 e. The number of aromatic nitrogens is 3. The topological polar surface area (TPSA) is 129 Å². The monoisotopic (exact) mass is 529 g/mol. The summed E-state index contributed by atoms with van der Waals surface area (Å²) < 4.78 is 0. The SMILES string of the molecule is CCNC(=O)N1CCN(c2cc(C)c3nc(-c4c(N[C@@H](CO)Cc5ccccc5)cc[nH]c4=O)[nH]c3c2)CC1. The van der Waals surface area contributed by atoms with Crippen LogP contribution in [0, 0.1) is 6.92 Å². The number of imidazole rings is 1. The van der Waals surface area contributed by atoms with Gasteiger partial charge in [0.2, 0.25) is 0 Å². The molecule has 10 heteroatoms. The van der Waals surface area contributed by atoms with Gasteiger partial charge in [-0.25, -0.2) is 9.78 Å². The molecule has 0 spiro atoms. The number of nitrogens with zero attached hydrogens (tertiary/aromatic N) is 3. The van der Waals surface area contributed by atoms with Gasteiger partial charge in [-0.05, 0) is 49.6 Å². The number of carbonyl (C=O) groups is 1. The number of aryl methyl sites for hydroxylation is 1. The Bertz CT molecular complexity index is 1490. The number of urea groups is 1. The Hall–Kier alpha value is -4.31. The Morgan fingerprint density at radius 2 is 1.90 bits per heavy atom. The first-order valence-corrected chi connectivity index (χ1v) is 13.4. The highest BCUT2D eigenvalue weighted by Gasteiger charge is 2.23. The molecule has 2 amide bonds. The highest BCUT2D eigenvalue weighted by molar-refractivity contribution is 5.87. The number of fused-ring (bicyclic) bond motifs is 1. The molecule has 5 N–H and O–H groups in total. The van der Waals surface area contributed by atoms with E-state index in [0.29, 0.717) is 43.1 Å². The minimum absolute atomic E-state index is 0.0216. The van der Waals surface area contributed by atoms with Crippen LogP contribution < -0.4 is 21.1 Å². The zero-order valence-corrected chi connectivity index (χ0v) is 22.3. The molecule has 10 nitrogen and oxygen atoms in total. The molecule has 0 radical (unpaired) electrons. The fourth-order valence-corrected chi connectivity index (χ4v) is 5.12. The van der Waals surface area contributed by atoms with Gasteiger partial charge < -0.3 is 35.5 Å². The molecule has 1 aliphatic heterocycles. The summed E-state index contributed by atoms with van der Waals surface area (Å²) in [6.45, 7) is 7.24. The lowest BCUT2D eigenvalue weighted by molar-refractivity contribution is 0.195. The number of H-pyrrole nitrogens is 2. The summed E-state index contributed by atoms with van der Waals surface area (Å²) in [6.07, 6.45) is 2.21. The highest BCUT2D eigenvalue weighted by Crippen LogP contribution is 2.30. The van der Waals surface area contributed by atoms with E-state index in [4.69, 9.17) is 4.98 Å². The van der Waals surface area contributed by atoms with Crippen molar-refractivity contribution in [3.05, 3.63) is 76.2 Å². The molecule has 204 valence electrons. The third kappa shape index (κ3) is 5.75. The predicted octanol–water partition coefficient (Wildman–Crippen LogP) is 3.09. The van der Waals surface area contributed by atoms with Gasteiger partial charge in [-0.15, -0.1) is 0 Å². The molecule has 2 aromatic carbocycles. The van der Waals surface area contributed by atoms with Crippen molar-refractivity contribution in [1.29, 1.82) is 0 Å². The number of benzene rings is 2. The maximum Gasteiger partial charge on any atom is 0.317 e. The number of hydrogen-bond donors (Lipinski definition) is 5. The minimum Gasteiger partial charge on any atom is -0.394 e. The molecule has 3 heterocycles.